The molecule has 0 saturated heterocycles. The van der Waals surface area contributed by atoms with Gasteiger partial charge >= 0.3 is 0 Å². The van der Waals surface area contributed by atoms with Crippen LogP contribution in [0.1, 0.15) is 24.7 Å². The summed E-state index contributed by atoms with van der Waals surface area (Å²) in [6, 6.07) is 0. The van der Waals surface area contributed by atoms with E-state index >= 15 is 0 Å². The lowest BCUT2D eigenvalue weighted by atomic mass is 9.89. The number of nitrogens with zero attached hydrogens (tertiary/aromatic N) is 5. The quantitative estimate of drug-likeness (QED) is 0.493. The number of hydrogen-bond acceptors (Lipinski definition) is 3. The van der Waals surface area contributed by atoms with E-state index in [4.69, 9.17) is 11.0 Å². The number of nitriles is 1. The van der Waals surface area contributed by atoms with Crippen LogP contribution in [0.5, 0.6) is 0 Å². The predicted octanol–water partition coefficient (Wildman–Crippen LogP) is 0.735. The summed E-state index contributed by atoms with van der Waals surface area (Å²) in [5, 5.41) is 8.49. The molecule has 102 valence electrons. The molecule has 0 aromatic carbocycles. The van der Waals surface area contributed by atoms with Gasteiger partial charge in [-0.15, -0.1) is 4.99 Å². The van der Waals surface area contributed by atoms with Gasteiger partial charge in [-0.1, -0.05) is 0 Å². The van der Waals surface area contributed by atoms with Gasteiger partial charge in [0.2, 0.25) is 12.2 Å². The maximum absolute atomic E-state index is 8.49. The molecule has 1 atom stereocenters. The molecule has 1 aliphatic carbocycles. The molecule has 0 bridgehead atoms. The maximum atomic E-state index is 8.49. The van der Waals surface area contributed by atoms with Crippen LogP contribution in [-0.4, -0.2) is 34.0 Å². The Hall–Kier alpha value is -2.03. The van der Waals surface area contributed by atoms with Crippen molar-refractivity contribution in [2.75, 3.05) is 13.6 Å². The van der Waals surface area contributed by atoms with Gasteiger partial charge in [-0.3, -0.25) is 0 Å². The normalized spacial score (nSPS) is 18.8. The van der Waals surface area contributed by atoms with Crippen LogP contribution in [0.25, 0.3) is 0 Å². The molecular formula is C13H20N6. The molecule has 1 aromatic heterocycles. The lowest BCUT2D eigenvalue weighted by Crippen LogP contribution is -2.38. The molecule has 0 fully saturated rings. The van der Waals surface area contributed by atoms with E-state index in [1.165, 1.54) is 11.4 Å². The number of guanidine groups is 1. The van der Waals surface area contributed by atoms with Crippen LogP contribution in [-0.2, 0) is 19.4 Å². The Balaban J connectivity index is 1.99. The average molecular weight is 260 g/mol. The van der Waals surface area contributed by atoms with Gasteiger partial charge in [0.15, 0.2) is 0 Å². The fourth-order valence-corrected chi connectivity index (χ4v) is 2.67. The molecule has 0 amide bonds. The third-order valence-electron chi connectivity index (χ3n) is 3.73. The largest absolute Gasteiger partial charge is 0.369 e. The number of imidazole rings is 1. The van der Waals surface area contributed by atoms with E-state index in [1.54, 1.807) is 6.19 Å². The van der Waals surface area contributed by atoms with Gasteiger partial charge < -0.3 is 15.2 Å². The second-order valence-corrected chi connectivity index (χ2v) is 4.98. The predicted molar refractivity (Wildman–Crippen MR) is 73.3 cm³/mol. The Morgan fingerprint density at radius 2 is 2.53 bits per heavy atom. The first-order valence-corrected chi connectivity index (χ1v) is 6.62. The first kappa shape index (κ1) is 13.4. The van der Waals surface area contributed by atoms with E-state index in [0.29, 0.717) is 5.92 Å². The second-order valence-electron chi connectivity index (χ2n) is 4.98. The molecule has 1 aromatic rings. The highest BCUT2D eigenvalue weighted by Gasteiger charge is 2.23. The molecule has 6 nitrogen and oxygen atoms in total. The van der Waals surface area contributed by atoms with Crippen LogP contribution in [0.3, 0.4) is 0 Å². The molecule has 1 heterocycles. The van der Waals surface area contributed by atoms with Gasteiger partial charge in [0.05, 0.1) is 12.0 Å². The molecule has 0 saturated carbocycles. The standard InChI is InChI=1S/C13H20N6/c1-3-19-9-17-11-6-10(4-5-12(11)19)7-18(2)13(15)16-8-14/h9-10H,3-7H2,1-2H3,(H2,15,16). The maximum Gasteiger partial charge on any atom is 0.209 e. The molecule has 0 radical (unpaired) electrons. The van der Waals surface area contributed by atoms with Crippen molar-refractivity contribution in [3.63, 3.8) is 0 Å². The zero-order valence-electron chi connectivity index (χ0n) is 11.5. The van der Waals surface area contributed by atoms with Crippen LogP contribution in [0.2, 0.25) is 0 Å². The first-order chi connectivity index (χ1) is 9.15. The second kappa shape index (κ2) is 5.74. The lowest BCUT2D eigenvalue weighted by molar-refractivity contribution is 0.343. The molecule has 19 heavy (non-hydrogen) atoms. The molecule has 6 heteroatoms. The van der Waals surface area contributed by atoms with E-state index < -0.39 is 0 Å². The van der Waals surface area contributed by atoms with Crippen LogP contribution in [0.15, 0.2) is 11.3 Å². The monoisotopic (exact) mass is 260 g/mol. The molecular weight excluding hydrogens is 240 g/mol. The van der Waals surface area contributed by atoms with Crippen molar-refractivity contribution in [1.82, 2.24) is 14.5 Å². The first-order valence-electron chi connectivity index (χ1n) is 6.62. The van der Waals surface area contributed by atoms with E-state index in [0.717, 1.165) is 32.4 Å². The summed E-state index contributed by atoms with van der Waals surface area (Å²) in [6.07, 6.45) is 6.82. The minimum Gasteiger partial charge on any atom is -0.369 e. The molecule has 1 unspecified atom stereocenters. The summed E-state index contributed by atoms with van der Waals surface area (Å²) in [4.78, 5) is 9.90. The van der Waals surface area contributed by atoms with E-state index in [-0.39, 0.29) is 5.96 Å². The van der Waals surface area contributed by atoms with E-state index in [1.807, 2.05) is 18.3 Å². The molecule has 1 aliphatic rings. The number of aromatic nitrogens is 2. The van der Waals surface area contributed by atoms with Crippen LogP contribution in [0.4, 0.5) is 0 Å². The summed E-state index contributed by atoms with van der Waals surface area (Å²) in [5.41, 5.74) is 8.28. The van der Waals surface area contributed by atoms with Gasteiger partial charge in [0, 0.05) is 25.8 Å². The Bertz CT molecular complexity index is 510. The summed E-state index contributed by atoms with van der Waals surface area (Å²) in [5.74, 6) is 0.803. The summed E-state index contributed by atoms with van der Waals surface area (Å²) >= 11 is 0. The Labute approximate surface area is 113 Å². The molecule has 0 spiro atoms. The summed E-state index contributed by atoms with van der Waals surface area (Å²) in [6.45, 7) is 3.94. The van der Waals surface area contributed by atoms with Gasteiger partial charge in [0.25, 0.3) is 0 Å². The molecule has 2 rings (SSSR count). The van der Waals surface area contributed by atoms with Crippen molar-refractivity contribution >= 4 is 5.96 Å². The van der Waals surface area contributed by atoms with Crippen molar-refractivity contribution in [2.24, 2.45) is 16.6 Å². The topological polar surface area (TPSA) is 83.2 Å². The number of nitrogens with two attached hydrogens (primary N) is 1. The minimum atomic E-state index is 0.285. The van der Waals surface area contributed by atoms with E-state index in [2.05, 4.69) is 21.5 Å². The van der Waals surface area contributed by atoms with Crippen molar-refractivity contribution in [3.05, 3.63) is 17.7 Å². The van der Waals surface area contributed by atoms with Gasteiger partial charge in [-0.25, -0.2) is 4.98 Å². The van der Waals surface area contributed by atoms with Crippen LogP contribution in [0, 0.1) is 17.4 Å². The highest BCUT2D eigenvalue weighted by molar-refractivity contribution is 5.78. The minimum absolute atomic E-state index is 0.285. The Morgan fingerprint density at radius 1 is 1.74 bits per heavy atom. The van der Waals surface area contributed by atoms with Gasteiger partial charge in [0.1, 0.15) is 0 Å². The Morgan fingerprint density at radius 3 is 3.21 bits per heavy atom. The lowest BCUT2D eigenvalue weighted by Gasteiger charge is -2.27. The number of aliphatic imine (C=N–C) groups is 1. The number of hydrogen-bond donors (Lipinski definition) is 1. The number of rotatable bonds is 3. The summed E-state index contributed by atoms with van der Waals surface area (Å²) < 4.78 is 2.22. The highest BCUT2D eigenvalue weighted by atomic mass is 15.2. The van der Waals surface area contributed by atoms with Crippen LogP contribution < -0.4 is 5.73 Å². The third-order valence-corrected chi connectivity index (χ3v) is 3.73. The smallest absolute Gasteiger partial charge is 0.209 e. The number of aryl methyl sites for hydroxylation is 1. The van der Waals surface area contributed by atoms with Crippen molar-refractivity contribution in [2.45, 2.75) is 32.7 Å². The third kappa shape index (κ3) is 2.87. The highest BCUT2D eigenvalue weighted by Crippen LogP contribution is 2.25. The SMILES string of the molecule is CCn1cnc2c1CCC(CN(C)C(N)=NC#N)C2. The average Bonchev–Trinajstić information content (AvgIpc) is 2.81. The van der Waals surface area contributed by atoms with Crippen molar-refractivity contribution < 1.29 is 0 Å². The molecule has 2 N–H and O–H groups in total. The van der Waals surface area contributed by atoms with Crippen molar-refractivity contribution in [3.8, 4) is 6.19 Å². The zero-order chi connectivity index (χ0) is 13.8. The zero-order valence-corrected chi connectivity index (χ0v) is 11.5. The van der Waals surface area contributed by atoms with Crippen LogP contribution >= 0.6 is 0 Å². The van der Waals surface area contributed by atoms with E-state index in [9.17, 15) is 0 Å². The fraction of sp³-hybridized carbons (Fsp3) is 0.615. The van der Waals surface area contributed by atoms with Gasteiger partial charge in [-0.2, -0.15) is 5.26 Å². The fourth-order valence-electron chi connectivity index (χ4n) is 2.67. The van der Waals surface area contributed by atoms with Crippen molar-refractivity contribution in [1.29, 1.82) is 5.26 Å². The van der Waals surface area contributed by atoms with Gasteiger partial charge in [-0.05, 0) is 32.1 Å². The number of fused-ring (bicyclic) bond motifs is 1. The molecule has 0 aliphatic heterocycles. The summed E-state index contributed by atoms with van der Waals surface area (Å²) in [7, 11) is 1.87. The Kier molecular flexibility index (Phi) is 4.05.